The Morgan fingerprint density at radius 3 is 2.50 bits per heavy atom. The second-order valence-corrected chi connectivity index (χ2v) is 7.00. The molecule has 136 valence electrons. The van der Waals surface area contributed by atoms with Crippen molar-refractivity contribution in [1.82, 2.24) is 0 Å². The molecule has 2 aromatic rings. The molecular formula is C19H17Cl3N2O2. The SMILES string of the molecule is O=C(C=Cc1ccc(Cl)cc1Cl)Nc1ccc(N2CCOCC2)c(Cl)c1. The second-order valence-electron chi connectivity index (χ2n) is 5.75. The third-order valence-electron chi connectivity index (χ3n) is 3.94. The minimum atomic E-state index is -0.272. The summed E-state index contributed by atoms with van der Waals surface area (Å²) in [5.41, 5.74) is 2.28. The Bertz CT molecular complexity index is 834. The number of carbonyl (C=O) groups is 1. The molecule has 0 bridgehead atoms. The fourth-order valence-corrected chi connectivity index (χ4v) is 3.40. The number of amides is 1. The number of rotatable bonds is 4. The van der Waals surface area contributed by atoms with E-state index in [2.05, 4.69) is 10.2 Å². The van der Waals surface area contributed by atoms with Gasteiger partial charge in [-0.15, -0.1) is 0 Å². The van der Waals surface area contributed by atoms with Crippen LogP contribution < -0.4 is 10.2 Å². The largest absolute Gasteiger partial charge is 0.378 e. The molecule has 1 aliphatic rings. The Morgan fingerprint density at radius 2 is 1.81 bits per heavy atom. The molecule has 1 N–H and O–H groups in total. The van der Waals surface area contributed by atoms with Gasteiger partial charge in [0.05, 0.1) is 23.9 Å². The molecule has 26 heavy (non-hydrogen) atoms. The summed E-state index contributed by atoms with van der Waals surface area (Å²) in [6.07, 6.45) is 3.05. The zero-order valence-electron chi connectivity index (χ0n) is 13.8. The van der Waals surface area contributed by atoms with Gasteiger partial charge in [0, 0.05) is 34.9 Å². The molecule has 4 nitrogen and oxygen atoms in total. The van der Waals surface area contributed by atoms with Crippen LogP contribution in [-0.2, 0) is 9.53 Å². The van der Waals surface area contributed by atoms with Crippen molar-refractivity contribution in [2.24, 2.45) is 0 Å². The zero-order chi connectivity index (χ0) is 18.5. The monoisotopic (exact) mass is 410 g/mol. The Kier molecular flexibility index (Phi) is 6.43. The molecule has 0 aliphatic carbocycles. The summed E-state index contributed by atoms with van der Waals surface area (Å²) in [7, 11) is 0. The Hall–Kier alpha value is -1.72. The average Bonchev–Trinajstić information content (AvgIpc) is 2.62. The van der Waals surface area contributed by atoms with Crippen LogP contribution in [0.1, 0.15) is 5.56 Å². The molecular weight excluding hydrogens is 395 g/mol. The van der Waals surface area contributed by atoms with Crippen molar-refractivity contribution in [2.75, 3.05) is 36.5 Å². The van der Waals surface area contributed by atoms with Crippen LogP contribution in [0.3, 0.4) is 0 Å². The highest BCUT2D eigenvalue weighted by molar-refractivity contribution is 6.35. The van der Waals surface area contributed by atoms with Crippen molar-refractivity contribution in [3.05, 3.63) is 63.1 Å². The second kappa shape index (κ2) is 8.78. The number of anilines is 2. The molecule has 0 unspecified atom stereocenters. The van der Waals surface area contributed by atoms with Crippen molar-refractivity contribution in [1.29, 1.82) is 0 Å². The molecule has 0 aromatic heterocycles. The van der Waals surface area contributed by atoms with Crippen LogP contribution in [0.15, 0.2) is 42.5 Å². The highest BCUT2D eigenvalue weighted by Gasteiger charge is 2.14. The Balaban J connectivity index is 1.65. The minimum absolute atomic E-state index is 0.272. The predicted octanol–water partition coefficient (Wildman–Crippen LogP) is 5.14. The van der Waals surface area contributed by atoms with Gasteiger partial charge in [-0.05, 0) is 42.0 Å². The normalized spacial score (nSPS) is 14.7. The van der Waals surface area contributed by atoms with E-state index in [1.807, 2.05) is 12.1 Å². The first kappa shape index (κ1) is 19.1. The first-order valence-electron chi connectivity index (χ1n) is 8.09. The fourth-order valence-electron chi connectivity index (χ4n) is 2.63. The summed E-state index contributed by atoms with van der Waals surface area (Å²) < 4.78 is 5.35. The average molecular weight is 412 g/mol. The predicted molar refractivity (Wildman–Crippen MR) is 109 cm³/mol. The number of ether oxygens (including phenoxy) is 1. The lowest BCUT2D eigenvalue weighted by molar-refractivity contribution is -0.111. The van der Waals surface area contributed by atoms with E-state index in [-0.39, 0.29) is 5.91 Å². The molecule has 3 rings (SSSR count). The highest BCUT2D eigenvalue weighted by atomic mass is 35.5. The van der Waals surface area contributed by atoms with Crippen LogP contribution in [0.5, 0.6) is 0 Å². The van der Waals surface area contributed by atoms with Gasteiger partial charge in [-0.2, -0.15) is 0 Å². The lowest BCUT2D eigenvalue weighted by Gasteiger charge is -2.29. The number of nitrogens with one attached hydrogen (secondary N) is 1. The summed E-state index contributed by atoms with van der Waals surface area (Å²) in [4.78, 5) is 14.3. The van der Waals surface area contributed by atoms with E-state index in [0.717, 1.165) is 18.8 Å². The Morgan fingerprint density at radius 1 is 1.04 bits per heavy atom. The summed E-state index contributed by atoms with van der Waals surface area (Å²) in [6.45, 7) is 2.98. The van der Waals surface area contributed by atoms with Gasteiger partial charge >= 0.3 is 0 Å². The van der Waals surface area contributed by atoms with Gasteiger partial charge in [-0.1, -0.05) is 40.9 Å². The maximum atomic E-state index is 12.1. The number of nitrogens with zero attached hydrogens (tertiary/aromatic N) is 1. The molecule has 1 fully saturated rings. The maximum Gasteiger partial charge on any atom is 0.248 e. The minimum Gasteiger partial charge on any atom is -0.378 e. The summed E-state index contributed by atoms with van der Waals surface area (Å²) in [6, 6.07) is 10.6. The lowest BCUT2D eigenvalue weighted by atomic mass is 10.2. The summed E-state index contributed by atoms with van der Waals surface area (Å²) >= 11 is 18.3. The third kappa shape index (κ3) is 4.92. The van der Waals surface area contributed by atoms with Crippen molar-refractivity contribution in [3.63, 3.8) is 0 Å². The topological polar surface area (TPSA) is 41.6 Å². The van der Waals surface area contributed by atoms with Gasteiger partial charge in [0.1, 0.15) is 0 Å². The van der Waals surface area contributed by atoms with Crippen LogP contribution >= 0.6 is 34.8 Å². The van der Waals surface area contributed by atoms with Gasteiger partial charge in [0.15, 0.2) is 0 Å². The standard InChI is InChI=1S/C19H17Cl3N2O2/c20-14-3-1-13(16(21)11-14)2-6-19(25)23-15-4-5-18(17(22)12-15)24-7-9-26-10-8-24/h1-6,11-12H,7-10H2,(H,23,25). The lowest BCUT2D eigenvalue weighted by Crippen LogP contribution is -2.36. The van der Waals surface area contributed by atoms with E-state index in [1.165, 1.54) is 6.08 Å². The molecule has 1 amide bonds. The maximum absolute atomic E-state index is 12.1. The number of morpholine rings is 1. The van der Waals surface area contributed by atoms with Crippen molar-refractivity contribution >= 4 is 58.2 Å². The van der Waals surface area contributed by atoms with Crippen LogP contribution in [0.4, 0.5) is 11.4 Å². The van der Waals surface area contributed by atoms with E-state index < -0.39 is 0 Å². The van der Waals surface area contributed by atoms with E-state index in [4.69, 9.17) is 39.5 Å². The molecule has 1 saturated heterocycles. The van der Waals surface area contributed by atoms with E-state index in [9.17, 15) is 4.79 Å². The molecule has 7 heteroatoms. The fraction of sp³-hybridized carbons (Fsp3) is 0.211. The van der Waals surface area contributed by atoms with Crippen LogP contribution in [0.2, 0.25) is 15.1 Å². The van der Waals surface area contributed by atoms with Crippen LogP contribution in [-0.4, -0.2) is 32.2 Å². The summed E-state index contributed by atoms with van der Waals surface area (Å²) in [5, 5.41) is 4.42. The van der Waals surface area contributed by atoms with Crippen LogP contribution in [0.25, 0.3) is 6.08 Å². The number of hydrogen-bond donors (Lipinski definition) is 1. The van der Waals surface area contributed by atoms with E-state index >= 15 is 0 Å². The molecule has 1 aliphatic heterocycles. The van der Waals surface area contributed by atoms with Crippen molar-refractivity contribution in [2.45, 2.75) is 0 Å². The highest BCUT2D eigenvalue weighted by Crippen LogP contribution is 2.29. The number of hydrogen-bond acceptors (Lipinski definition) is 3. The number of carbonyl (C=O) groups excluding carboxylic acids is 1. The molecule has 0 atom stereocenters. The third-order valence-corrected chi connectivity index (χ3v) is 4.81. The van der Waals surface area contributed by atoms with Crippen LogP contribution in [0, 0.1) is 0 Å². The van der Waals surface area contributed by atoms with Crippen molar-refractivity contribution in [3.8, 4) is 0 Å². The van der Waals surface area contributed by atoms with E-state index in [0.29, 0.717) is 39.5 Å². The first-order valence-corrected chi connectivity index (χ1v) is 9.23. The van der Waals surface area contributed by atoms with Gasteiger partial charge in [-0.3, -0.25) is 4.79 Å². The zero-order valence-corrected chi connectivity index (χ0v) is 16.1. The molecule has 0 spiro atoms. The van der Waals surface area contributed by atoms with Crippen molar-refractivity contribution < 1.29 is 9.53 Å². The number of halogens is 3. The molecule has 2 aromatic carbocycles. The van der Waals surface area contributed by atoms with Gasteiger partial charge in [-0.25, -0.2) is 0 Å². The Labute approximate surface area is 167 Å². The van der Waals surface area contributed by atoms with E-state index in [1.54, 1.807) is 30.3 Å². The smallest absolute Gasteiger partial charge is 0.248 e. The molecule has 1 heterocycles. The van der Waals surface area contributed by atoms with Gasteiger partial charge in [0.2, 0.25) is 5.91 Å². The van der Waals surface area contributed by atoms with Gasteiger partial charge < -0.3 is 15.0 Å². The van der Waals surface area contributed by atoms with Gasteiger partial charge in [0.25, 0.3) is 0 Å². The quantitative estimate of drug-likeness (QED) is 0.709. The number of benzene rings is 2. The molecule has 0 radical (unpaired) electrons. The summed E-state index contributed by atoms with van der Waals surface area (Å²) in [5.74, 6) is -0.272. The molecule has 0 saturated carbocycles. The first-order chi connectivity index (χ1) is 12.5.